The summed E-state index contributed by atoms with van der Waals surface area (Å²) in [6.45, 7) is 2.64. The maximum Gasteiger partial charge on any atom is 0.317 e. The van der Waals surface area contributed by atoms with E-state index in [2.05, 4.69) is 22.8 Å². The highest BCUT2D eigenvalue weighted by atomic mass is 16.5. The summed E-state index contributed by atoms with van der Waals surface area (Å²) < 4.78 is 5.21. The van der Waals surface area contributed by atoms with E-state index in [0.29, 0.717) is 25.4 Å². The number of nitrogens with zero attached hydrogens (tertiary/aromatic N) is 1. The molecule has 1 aliphatic rings. The molecule has 0 spiro atoms. The van der Waals surface area contributed by atoms with E-state index in [1.807, 2.05) is 47.4 Å². The summed E-state index contributed by atoms with van der Waals surface area (Å²) >= 11 is 0. The van der Waals surface area contributed by atoms with Crippen molar-refractivity contribution in [2.24, 2.45) is 5.92 Å². The number of hydrogen-bond donors (Lipinski definition) is 2. The number of ether oxygens (including phenoxy) is 1. The third-order valence-electron chi connectivity index (χ3n) is 5.74. The van der Waals surface area contributed by atoms with Gasteiger partial charge in [-0.05, 0) is 54.9 Å². The lowest BCUT2D eigenvalue weighted by atomic mass is 9.93. The second kappa shape index (κ2) is 12.0. The van der Waals surface area contributed by atoms with Crippen molar-refractivity contribution in [3.05, 3.63) is 65.7 Å². The SMILES string of the molecule is COc1cccc(CNC(=O)CC[C@@H]2CCCN(C(=O)NCCc3ccccc3)C2)c1. The molecule has 0 aromatic heterocycles. The van der Waals surface area contributed by atoms with Crippen molar-refractivity contribution in [1.82, 2.24) is 15.5 Å². The normalized spacial score (nSPS) is 15.9. The molecule has 0 radical (unpaired) electrons. The van der Waals surface area contributed by atoms with Crippen LogP contribution in [0.1, 0.15) is 36.8 Å². The largest absolute Gasteiger partial charge is 0.497 e. The number of methoxy groups -OCH3 is 1. The lowest BCUT2D eigenvalue weighted by molar-refractivity contribution is -0.121. The molecule has 0 unspecified atom stereocenters. The zero-order valence-electron chi connectivity index (χ0n) is 18.3. The smallest absolute Gasteiger partial charge is 0.317 e. The first-order valence-corrected chi connectivity index (χ1v) is 11.1. The Morgan fingerprint density at radius 3 is 2.68 bits per heavy atom. The summed E-state index contributed by atoms with van der Waals surface area (Å²) in [6.07, 6.45) is 4.17. The summed E-state index contributed by atoms with van der Waals surface area (Å²) in [6, 6.07) is 17.9. The number of piperidine rings is 1. The second-order valence-electron chi connectivity index (χ2n) is 8.09. The van der Waals surface area contributed by atoms with Crippen LogP contribution in [0.3, 0.4) is 0 Å². The van der Waals surface area contributed by atoms with E-state index in [4.69, 9.17) is 4.74 Å². The van der Waals surface area contributed by atoms with E-state index in [-0.39, 0.29) is 11.9 Å². The highest BCUT2D eigenvalue weighted by molar-refractivity contribution is 5.76. The zero-order chi connectivity index (χ0) is 21.9. The minimum Gasteiger partial charge on any atom is -0.497 e. The van der Waals surface area contributed by atoms with E-state index in [1.165, 1.54) is 5.56 Å². The van der Waals surface area contributed by atoms with Crippen LogP contribution in [-0.4, -0.2) is 43.6 Å². The molecule has 1 atom stereocenters. The minimum absolute atomic E-state index is 0.00288. The molecule has 1 aliphatic heterocycles. The molecule has 1 saturated heterocycles. The lowest BCUT2D eigenvalue weighted by Crippen LogP contribution is -2.46. The highest BCUT2D eigenvalue weighted by Crippen LogP contribution is 2.21. The van der Waals surface area contributed by atoms with Crippen LogP contribution in [0.15, 0.2) is 54.6 Å². The van der Waals surface area contributed by atoms with Gasteiger partial charge in [0.1, 0.15) is 5.75 Å². The van der Waals surface area contributed by atoms with Crippen molar-refractivity contribution in [1.29, 1.82) is 0 Å². The van der Waals surface area contributed by atoms with Gasteiger partial charge in [-0.25, -0.2) is 4.79 Å². The Bertz CT molecular complexity index is 841. The van der Waals surface area contributed by atoms with Crippen LogP contribution >= 0.6 is 0 Å². The molecule has 2 aromatic carbocycles. The number of urea groups is 1. The number of benzene rings is 2. The first kappa shape index (κ1) is 22.7. The Labute approximate surface area is 185 Å². The number of hydrogen-bond acceptors (Lipinski definition) is 3. The van der Waals surface area contributed by atoms with Crippen LogP contribution in [0.5, 0.6) is 5.75 Å². The summed E-state index contributed by atoms with van der Waals surface area (Å²) in [4.78, 5) is 26.7. The third-order valence-corrected chi connectivity index (χ3v) is 5.74. The second-order valence-corrected chi connectivity index (χ2v) is 8.09. The van der Waals surface area contributed by atoms with Crippen molar-refractivity contribution >= 4 is 11.9 Å². The zero-order valence-corrected chi connectivity index (χ0v) is 18.3. The molecule has 1 heterocycles. The van der Waals surface area contributed by atoms with Gasteiger partial charge in [0.05, 0.1) is 7.11 Å². The van der Waals surface area contributed by atoms with E-state index >= 15 is 0 Å². The Hall–Kier alpha value is -3.02. The lowest BCUT2D eigenvalue weighted by Gasteiger charge is -2.32. The first-order valence-electron chi connectivity index (χ1n) is 11.1. The quantitative estimate of drug-likeness (QED) is 0.645. The Balaban J connectivity index is 1.34. The van der Waals surface area contributed by atoms with Crippen molar-refractivity contribution in [3.63, 3.8) is 0 Å². The number of nitrogens with one attached hydrogen (secondary N) is 2. The molecule has 2 N–H and O–H groups in total. The number of rotatable bonds is 9. The minimum atomic E-state index is 0.00288. The molecule has 0 aliphatic carbocycles. The number of carbonyl (C=O) groups is 2. The highest BCUT2D eigenvalue weighted by Gasteiger charge is 2.23. The summed E-state index contributed by atoms with van der Waals surface area (Å²) in [5.74, 6) is 1.21. The van der Waals surface area contributed by atoms with Crippen molar-refractivity contribution < 1.29 is 14.3 Å². The predicted octanol–water partition coefficient (Wildman–Crippen LogP) is 3.76. The fourth-order valence-electron chi connectivity index (χ4n) is 3.96. The van der Waals surface area contributed by atoms with Crippen LogP contribution in [0.4, 0.5) is 4.79 Å². The molecular weight excluding hydrogens is 390 g/mol. The van der Waals surface area contributed by atoms with Gasteiger partial charge in [0, 0.05) is 32.6 Å². The van der Waals surface area contributed by atoms with Crippen molar-refractivity contribution in [2.75, 3.05) is 26.7 Å². The van der Waals surface area contributed by atoms with Gasteiger partial charge >= 0.3 is 6.03 Å². The molecular formula is C25H33N3O3. The van der Waals surface area contributed by atoms with E-state index in [0.717, 1.165) is 50.1 Å². The monoisotopic (exact) mass is 423 g/mol. The molecule has 6 nitrogen and oxygen atoms in total. The number of amides is 3. The first-order chi connectivity index (χ1) is 15.1. The van der Waals surface area contributed by atoms with Gasteiger partial charge in [0.15, 0.2) is 0 Å². The van der Waals surface area contributed by atoms with Gasteiger partial charge < -0.3 is 20.3 Å². The Morgan fingerprint density at radius 2 is 1.87 bits per heavy atom. The molecule has 2 aromatic rings. The van der Waals surface area contributed by atoms with E-state index < -0.39 is 0 Å². The topological polar surface area (TPSA) is 70.7 Å². The Morgan fingerprint density at radius 1 is 1.06 bits per heavy atom. The number of carbonyl (C=O) groups excluding carboxylic acids is 2. The molecule has 6 heteroatoms. The molecule has 0 saturated carbocycles. The van der Waals surface area contributed by atoms with Crippen molar-refractivity contribution in [2.45, 2.75) is 38.6 Å². The van der Waals surface area contributed by atoms with Gasteiger partial charge in [0.2, 0.25) is 5.91 Å². The standard InChI is InChI=1S/C25H33N3O3/c1-31-23-11-5-9-22(17-23)18-27-24(29)13-12-21-10-6-16-28(19-21)25(30)26-15-14-20-7-3-2-4-8-20/h2-5,7-9,11,17,21H,6,10,12-16,18-19H2,1H3,(H,26,30)(H,27,29)/t21-/m0/s1. The molecule has 3 amide bonds. The van der Waals surface area contributed by atoms with Gasteiger partial charge in [-0.3, -0.25) is 4.79 Å². The van der Waals surface area contributed by atoms with E-state index in [1.54, 1.807) is 7.11 Å². The van der Waals surface area contributed by atoms with Crippen LogP contribution in [-0.2, 0) is 17.8 Å². The molecule has 3 rings (SSSR count). The third kappa shape index (κ3) is 7.63. The van der Waals surface area contributed by atoms with Crippen LogP contribution in [0.25, 0.3) is 0 Å². The summed E-state index contributed by atoms with van der Waals surface area (Å²) in [5, 5.41) is 6.01. The number of likely N-dealkylation sites (tertiary alicyclic amines) is 1. The average Bonchev–Trinajstić information content (AvgIpc) is 2.82. The van der Waals surface area contributed by atoms with Crippen LogP contribution in [0.2, 0.25) is 0 Å². The summed E-state index contributed by atoms with van der Waals surface area (Å²) in [5.41, 5.74) is 2.24. The predicted molar refractivity (Wildman–Crippen MR) is 122 cm³/mol. The Kier molecular flexibility index (Phi) is 8.76. The van der Waals surface area contributed by atoms with Gasteiger partial charge in [-0.15, -0.1) is 0 Å². The fourth-order valence-corrected chi connectivity index (χ4v) is 3.96. The fraction of sp³-hybridized carbons (Fsp3) is 0.440. The van der Waals surface area contributed by atoms with Crippen molar-refractivity contribution in [3.8, 4) is 5.75 Å². The molecule has 166 valence electrons. The maximum absolute atomic E-state index is 12.5. The molecule has 31 heavy (non-hydrogen) atoms. The molecule has 1 fully saturated rings. The molecule has 0 bridgehead atoms. The van der Waals surface area contributed by atoms with Crippen LogP contribution < -0.4 is 15.4 Å². The van der Waals surface area contributed by atoms with Gasteiger partial charge in [-0.2, -0.15) is 0 Å². The van der Waals surface area contributed by atoms with Gasteiger partial charge in [-0.1, -0.05) is 42.5 Å². The van der Waals surface area contributed by atoms with Gasteiger partial charge in [0.25, 0.3) is 0 Å². The summed E-state index contributed by atoms with van der Waals surface area (Å²) in [7, 11) is 1.63. The van der Waals surface area contributed by atoms with Crippen LogP contribution in [0, 0.1) is 5.92 Å². The average molecular weight is 424 g/mol. The van der Waals surface area contributed by atoms with E-state index in [9.17, 15) is 9.59 Å². The maximum atomic E-state index is 12.5.